The zero-order chi connectivity index (χ0) is 14.0. The van der Waals surface area contributed by atoms with Crippen LogP contribution in [0.3, 0.4) is 0 Å². The minimum absolute atomic E-state index is 0.0833. The van der Waals surface area contributed by atoms with E-state index in [0.717, 1.165) is 22.3 Å². The molecule has 19 heavy (non-hydrogen) atoms. The predicted molar refractivity (Wildman–Crippen MR) is 80.0 cm³/mol. The summed E-state index contributed by atoms with van der Waals surface area (Å²) in [4.78, 5) is 0. The number of benzene rings is 2. The van der Waals surface area contributed by atoms with Crippen LogP contribution in [0.5, 0.6) is 0 Å². The molecule has 2 aromatic rings. The predicted octanol–water partition coefficient (Wildman–Crippen LogP) is 5.74. The van der Waals surface area contributed by atoms with E-state index in [1.807, 2.05) is 44.2 Å². The van der Waals surface area contributed by atoms with Gasteiger partial charge in [0.25, 0.3) is 0 Å². The van der Waals surface area contributed by atoms with Crippen LogP contribution in [0, 0.1) is 5.82 Å². The summed E-state index contributed by atoms with van der Waals surface area (Å²) < 4.78 is 14.4. The Morgan fingerprint density at radius 3 is 1.95 bits per heavy atom. The maximum atomic E-state index is 14.4. The molecule has 0 aliphatic heterocycles. The molecule has 100 valence electrons. The molecule has 1 heteroatoms. The van der Waals surface area contributed by atoms with Crippen LogP contribution in [0.15, 0.2) is 42.5 Å². The fourth-order valence-electron chi connectivity index (χ4n) is 2.52. The van der Waals surface area contributed by atoms with E-state index in [2.05, 4.69) is 19.9 Å². The Morgan fingerprint density at radius 1 is 0.789 bits per heavy atom. The first-order chi connectivity index (χ1) is 9.00. The maximum absolute atomic E-state index is 14.4. The third kappa shape index (κ3) is 2.86. The van der Waals surface area contributed by atoms with E-state index in [1.54, 1.807) is 6.07 Å². The van der Waals surface area contributed by atoms with E-state index in [9.17, 15) is 4.39 Å². The van der Waals surface area contributed by atoms with E-state index in [1.165, 1.54) is 0 Å². The van der Waals surface area contributed by atoms with Crippen LogP contribution in [-0.2, 0) is 0 Å². The van der Waals surface area contributed by atoms with Gasteiger partial charge in [-0.25, -0.2) is 4.39 Å². The molecule has 0 amide bonds. The van der Waals surface area contributed by atoms with Crippen LogP contribution in [0.1, 0.15) is 50.7 Å². The van der Waals surface area contributed by atoms with Gasteiger partial charge in [0.1, 0.15) is 5.82 Å². The second kappa shape index (κ2) is 5.56. The molecule has 0 nitrogen and oxygen atoms in total. The zero-order valence-electron chi connectivity index (χ0n) is 12.1. The van der Waals surface area contributed by atoms with Crippen molar-refractivity contribution in [3.8, 4) is 11.1 Å². The van der Waals surface area contributed by atoms with Crippen LogP contribution >= 0.6 is 0 Å². The number of hydrogen-bond donors (Lipinski definition) is 0. The summed E-state index contributed by atoms with van der Waals surface area (Å²) in [5, 5.41) is 0. The molecular weight excluding hydrogens is 235 g/mol. The maximum Gasteiger partial charge on any atom is 0.127 e. The largest absolute Gasteiger partial charge is 0.207 e. The molecule has 0 spiro atoms. The summed E-state index contributed by atoms with van der Waals surface area (Å²) in [5.41, 5.74) is 4.01. The highest BCUT2D eigenvalue weighted by molar-refractivity contribution is 5.65. The Hall–Kier alpha value is -1.63. The van der Waals surface area contributed by atoms with Crippen molar-refractivity contribution in [2.45, 2.75) is 39.5 Å². The second-order valence-corrected chi connectivity index (χ2v) is 5.64. The first kappa shape index (κ1) is 13.8. The summed E-state index contributed by atoms with van der Waals surface area (Å²) >= 11 is 0. The van der Waals surface area contributed by atoms with Gasteiger partial charge in [0, 0.05) is 0 Å². The lowest BCUT2D eigenvalue weighted by molar-refractivity contribution is 0.590. The third-order valence-electron chi connectivity index (χ3n) is 3.47. The van der Waals surface area contributed by atoms with Gasteiger partial charge in [-0.15, -0.1) is 0 Å². The highest BCUT2D eigenvalue weighted by atomic mass is 19.1. The molecule has 0 unspecified atom stereocenters. The van der Waals surface area contributed by atoms with Crippen LogP contribution in [-0.4, -0.2) is 0 Å². The van der Waals surface area contributed by atoms with Crippen LogP contribution in [0.4, 0.5) is 4.39 Å². The van der Waals surface area contributed by atoms with Crippen molar-refractivity contribution in [2.75, 3.05) is 0 Å². The molecule has 2 aromatic carbocycles. The van der Waals surface area contributed by atoms with Gasteiger partial charge in [-0.2, -0.15) is 0 Å². The minimum Gasteiger partial charge on any atom is -0.207 e. The van der Waals surface area contributed by atoms with Gasteiger partial charge in [-0.1, -0.05) is 64.1 Å². The normalized spacial score (nSPS) is 11.3. The highest BCUT2D eigenvalue weighted by Gasteiger charge is 2.16. The van der Waals surface area contributed by atoms with Crippen molar-refractivity contribution in [1.29, 1.82) is 0 Å². The van der Waals surface area contributed by atoms with E-state index in [-0.39, 0.29) is 11.7 Å². The number of halogens is 1. The minimum atomic E-state index is -0.0833. The van der Waals surface area contributed by atoms with Crippen LogP contribution in [0.25, 0.3) is 11.1 Å². The molecule has 0 heterocycles. The highest BCUT2D eigenvalue weighted by Crippen LogP contribution is 2.33. The lowest BCUT2D eigenvalue weighted by atomic mass is 9.87. The Kier molecular flexibility index (Phi) is 4.04. The Balaban J connectivity index is 2.61. The molecular formula is C18H21F. The summed E-state index contributed by atoms with van der Waals surface area (Å²) in [7, 11) is 0. The van der Waals surface area contributed by atoms with Gasteiger partial charge < -0.3 is 0 Å². The molecule has 2 rings (SSSR count). The summed E-state index contributed by atoms with van der Waals surface area (Å²) in [6.45, 7) is 8.34. The van der Waals surface area contributed by atoms with Crippen molar-refractivity contribution in [2.24, 2.45) is 0 Å². The van der Waals surface area contributed by atoms with Gasteiger partial charge in [0.05, 0.1) is 0 Å². The summed E-state index contributed by atoms with van der Waals surface area (Å²) in [6.07, 6.45) is 0. The van der Waals surface area contributed by atoms with E-state index in [4.69, 9.17) is 0 Å². The summed E-state index contributed by atoms with van der Waals surface area (Å²) in [6, 6.07) is 13.8. The van der Waals surface area contributed by atoms with Crippen molar-refractivity contribution in [3.05, 3.63) is 59.4 Å². The van der Waals surface area contributed by atoms with Gasteiger partial charge in [0.2, 0.25) is 0 Å². The smallest absolute Gasteiger partial charge is 0.127 e. The SMILES string of the molecule is CC(C)c1cc(-c2ccccc2)cc(F)c1C(C)C. The fraction of sp³-hybridized carbons (Fsp3) is 0.333. The Labute approximate surface area is 115 Å². The third-order valence-corrected chi connectivity index (χ3v) is 3.47. The Bertz CT molecular complexity index is 553. The van der Waals surface area contributed by atoms with E-state index in [0.29, 0.717) is 5.92 Å². The Morgan fingerprint density at radius 2 is 1.42 bits per heavy atom. The molecule has 0 atom stereocenters. The van der Waals surface area contributed by atoms with Gasteiger partial charge in [0.15, 0.2) is 0 Å². The molecule has 0 bridgehead atoms. The van der Waals surface area contributed by atoms with Gasteiger partial charge in [-0.3, -0.25) is 0 Å². The van der Waals surface area contributed by atoms with Crippen molar-refractivity contribution in [3.63, 3.8) is 0 Å². The molecule has 0 fully saturated rings. The van der Waals surface area contributed by atoms with Crippen molar-refractivity contribution in [1.82, 2.24) is 0 Å². The van der Waals surface area contributed by atoms with Gasteiger partial charge in [-0.05, 0) is 40.2 Å². The molecule has 0 aliphatic carbocycles. The average Bonchev–Trinajstić information content (AvgIpc) is 2.38. The van der Waals surface area contributed by atoms with E-state index < -0.39 is 0 Å². The first-order valence-corrected chi connectivity index (χ1v) is 6.89. The van der Waals surface area contributed by atoms with Crippen molar-refractivity contribution < 1.29 is 4.39 Å². The standard InChI is InChI=1S/C18H21F/c1-12(2)16-10-15(14-8-6-5-7-9-14)11-17(19)18(16)13(3)4/h5-13H,1-4H3. The lowest BCUT2D eigenvalue weighted by Gasteiger charge is -2.18. The molecule has 0 saturated carbocycles. The molecule has 0 N–H and O–H groups in total. The molecule has 0 radical (unpaired) electrons. The molecule has 0 aromatic heterocycles. The zero-order valence-corrected chi connectivity index (χ0v) is 12.1. The topological polar surface area (TPSA) is 0 Å². The van der Waals surface area contributed by atoms with Crippen LogP contribution < -0.4 is 0 Å². The number of hydrogen-bond acceptors (Lipinski definition) is 0. The summed E-state index contributed by atoms with van der Waals surface area (Å²) in [5.74, 6) is 0.456. The quantitative estimate of drug-likeness (QED) is 0.657. The lowest BCUT2D eigenvalue weighted by Crippen LogP contribution is -2.03. The monoisotopic (exact) mass is 256 g/mol. The second-order valence-electron chi connectivity index (χ2n) is 5.64. The van der Waals surface area contributed by atoms with Crippen molar-refractivity contribution >= 4 is 0 Å². The first-order valence-electron chi connectivity index (χ1n) is 6.89. The molecule has 0 saturated heterocycles. The van der Waals surface area contributed by atoms with E-state index >= 15 is 0 Å². The average molecular weight is 256 g/mol. The molecule has 0 aliphatic rings. The fourth-order valence-corrected chi connectivity index (χ4v) is 2.52. The van der Waals surface area contributed by atoms with Gasteiger partial charge >= 0.3 is 0 Å². The van der Waals surface area contributed by atoms with Crippen LogP contribution in [0.2, 0.25) is 0 Å². The number of rotatable bonds is 3.